The van der Waals surface area contributed by atoms with Crippen LogP contribution in [-0.4, -0.2) is 40.8 Å². The van der Waals surface area contributed by atoms with E-state index in [-0.39, 0.29) is 5.96 Å². The topological polar surface area (TPSA) is 76.1 Å². The SMILES string of the molecule is C=CCN(Cc1ncc(C)c(OC)c1C)C1=NC(N)=NC(Cl)C1. The zero-order valence-electron chi connectivity index (χ0n) is 13.7. The summed E-state index contributed by atoms with van der Waals surface area (Å²) in [7, 11) is 1.67. The number of nitrogens with zero attached hydrogens (tertiary/aromatic N) is 4. The summed E-state index contributed by atoms with van der Waals surface area (Å²) in [6.07, 6.45) is 4.16. The Morgan fingerprint density at radius 3 is 2.87 bits per heavy atom. The predicted octanol–water partition coefficient (Wildman–Crippen LogP) is 2.38. The number of aryl methyl sites for hydroxylation is 1. The summed E-state index contributed by atoms with van der Waals surface area (Å²) in [5, 5.41) is 0. The highest BCUT2D eigenvalue weighted by Gasteiger charge is 2.21. The fourth-order valence-electron chi connectivity index (χ4n) is 2.57. The summed E-state index contributed by atoms with van der Waals surface area (Å²) in [6, 6.07) is 0. The Balaban J connectivity index is 2.31. The normalized spacial score (nSPS) is 17.3. The number of alkyl halides is 1. The highest BCUT2D eigenvalue weighted by molar-refractivity contribution is 6.23. The van der Waals surface area contributed by atoms with Crippen LogP contribution in [0.15, 0.2) is 28.8 Å². The fourth-order valence-corrected chi connectivity index (χ4v) is 2.81. The van der Waals surface area contributed by atoms with E-state index in [1.165, 1.54) is 0 Å². The second-order valence-corrected chi connectivity index (χ2v) is 5.87. The molecule has 1 aliphatic heterocycles. The molecule has 2 rings (SSSR count). The van der Waals surface area contributed by atoms with E-state index in [2.05, 4.69) is 21.5 Å². The number of hydrogen-bond acceptors (Lipinski definition) is 6. The number of hydrogen-bond donors (Lipinski definition) is 1. The fraction of sp³-hybridized carbons (Fsp3) is 0.438. The van der Waals surface area contributed by atoms with Gasteiger partial charge in [-0.3, -0.25) is 4.98 Å². The molecule has 0 saturated heterocycles. The molecule has 1 aromatic heterocycles. The van der Waals surface area contributed by atoms with Crippen LogP contribution in [0.25, 0.3) is 0 Å². The third-order valence-corrected chi connectivity index (χ3v) is 3.92. The number of guanidine groups is 1. The smallest absolute Gasteiger partial charge is 0.218 e. The average Bonchev–Trinajstić information content (AvgIpc) is 2.49. The van der Waals surface area contributed by atoms with Crippen LogP contribution in [0.2, 0.25) is 0 Å². The molecule has 2 N–H and O–H groups in total. The summed E-state index contributed by atoms with van der Waals surface area (Å²) >= 11 is 6.12. The van der Waals surface area contributed by atoms with Crippen LogP contribution in [0.5, 0.6) is 5.75 Å². The third kappa shape index (κ3) is 4.01. The first-order valence-electron chi connectivity index (χ1n) is 7.36. The number of aromatic nitrogens is 1. The van der Waals surface area contributed by atoms with Gasteiger partial charge in [-0.1, -0.05) is 17.7 Å². The van der Waals surface area contributed by atoms with E-state index in [0.29, 0.717) is 19.5 Å². The average molecular weight is 336 g/mol. The van der Waals surface area contributed by atoms with Gasteiger partial charge in [0.25, 0.3) is 0 Å². The highest BCUT2D eigenvalue weighted by atomic mass is 35.5. The Morgan fingerprint density at radius 2 is 2.26 bits per heavy atom. The predicted molar refractivity (Wildman–Crippen MR) is 94.2 cm³/mol. The van der Waals surface area contributed by atoms with Gasteiger partial charge in [-0.05, 0) is 13.8 Å². The van der Waals surface area contributed by atoms with Crippen LogP contribution in [0.4, 0.5) is 0 Å². The van der Waals surface area contributed by atoms with Crippen molar-refractivity contribution in [2.45, 2.75) is 32.3 Å². The molecular weight excluding hydrogens is 314 g/mol. The van der Waals surface area contributed by atoms with E-state index in [0.717, 1.165) is 28.4 Å². The molecule has 0 aromatic carbocycles. The van der Waals surface area contributed by atoms with E-state index in [1.807, 2.05) is 31.0 Å². The lowest BCUT2D eigenvalue weighted by Gasteiger charge is -2.28. The summed E-state index contributed by atoms with van der Waals surface area (Å²) in [5.41, 5.74) is 8.28. The molecule has 0 fully saturated rings. The van der Waals surface area contributed by atoms with Gasteiger partial charge in [-0.25, -0.2) is 9.98 Å². The number of rotatable bonds is 5. The first kappa shape index (κ1) is 17.3. The van der Waals surface area contributed by atoms with Crippen LogP contribution in [-0.2, 0) is 6.54 Å². The van der Waals surface area contributed by atoms with Gasteiger partial charge in [0.15, 0.2) is 0 Å². The molecule has 0 amide bonds. The van der Waals surface area contributed by atoms with Gasteiger partial charge < -0.3 is 15.4 Å². The maximum absolute atomic E-state index is 6.12. The highest BCUT2D eigenvalue weighted by Crippen LogP contribution is 2.25. The lowest BCUT2D eigenvalue weighted by molar-refractivity contribution is 0.400. The van der Waals surface area contributed by atoms with Crippen molar-refractivity contribution in [2.75, 3.05) is 13.7 Å². The Bertz CT molecular complexity index is 656. The van der Waals surface area contributed by atoms with Crippen molar-refractivity contribution < 1.29 is 4.74 Å². The molecule has 0 radical (unpaired) electrons. The van der Waals surface area contributed by atoms with E-state index in [1.54, 1.807) is 7.11 Å². The minimum Gasteiger partial charge on any atom is -0.496 e. The lowest BCUT2D eigenvalue weighted by Crippen LogP contribution is -2.36. The molecule has 1 atom stereocenters. The van der Waals surface area contributed by atoms with E-state index >= 15 is 0 Å². The molecule has 0 bridgehead atoms. The molecule has 124 valence electrons. The van der Waals surface area contributed by atoms with Crippen molar-refractivity contribution in [2.24, 2.45) is 15.7 Å². The van der Waals surface area contributed by atoms with Crippen molar-refractivity contribution >= 4 is 23.4 Å². The largest absolute Gasteiger partial charge is 0.496 e. The van der Waals surface area contributed by atoms with Crippen molar-refractivity contribution in [1.29, 1.82) is 0 Å². The van der Waals surface area contributed by atoms with Crippen molar-refractivity contribution in [1.82, 2.24) is 9.88 Å². The molecule has 1 aromatic rings. The van der Waals surface area contributed by atoms with Crippen LogP contribution in [0, 0.1) is 13.8 Å². The molecule has 2 heterocycles. The number of methoxy groups -OCH3 is 1. The summed E-state index contributed by atoms with van der Waals surface area (Å²) in [5.74, 6) is 1.85. The van der Waals surface area contributed by atoms with Crippen LogP contribution in [0.3, 0.4) is 0 Å². The number of aliphatic imine (C=N–C) groups is 2. The summed E-state index contributed by atoms with van der Waals surface area (Å²) in [4.78, 5) is 14.9. The molecule has 23 heavy (non-hydrogen) atoms. The van der Waals surface area contributed by atoms with Gasteiger partial charge in [0.1, 0.15) is 17.1 Å². The second kappa shape index (κ2) is 7.46. The number of halogens is 1. The third-order valence-electron chi connectivity index (χ3n) is 3.67. The van der Waals surface area contributed by atoms with Gasteiger partial charge >= 0.3 is 0 Å². The monoisotopic (exact) mass is 335 g/mol. The van der Waals surface area contributed by atoms with Gasteiger partial charge in [0.2, 0.25) is 5.96 Å². The minimum atomic E-state index is -0.392. The first-order chi connectivity index (χ1) is 11.0. The van der Waals surface area contributed by atoms with Crippen LogP contribution in [0.1, 0.15) is 23.2 Å². The Labute approximate surface area is 141 Å². The van der Waals surface area contributed by atoms with Crippen LogP contribution < -0.4 is 10.5 Å². The Morgan fingerprint density at radius 1 is 1.52 bits per heavy atom. The van der Waals surface area contributed by atoms with Crippen molar-refractivity contribution in [3.8, 4) is 5.75 Å². The van der Waals surface area contributed by atoms with Gasteiger partial charge in [-0.2, -0.15) is 0 Å². The summed E-state index contributed by atoms with van der Waals surface area (Å²) in [6.45, 7) is 8.98. The lowest BCUT2D eigenvalue weighted by atomic mass is 10.1. The van der Waals surface area contributed by atoms with Gasteiger partial charge in [0.05, 0.1) is 19.3 Å². The van der Waals surface area contributed by atoms with Gasteiger partial charge in [-0.15, -0.1) is 6.58 Å². The van der Waals surface area contributed by atoms with Crippen LogP contribution >= 0.6 is 11.6 Å². The second-order valence-electron chi connectivity index (χ2n) is 5.37. The van der Waals surface area contributed by atoms with Crippen molar-refractivity contribution in [3.63, 3.8) is 0 Å². The molecule has 1 unspecified atom stereocenters. The number of amidine groups is 1. The standard InChI is InChI=1S/C16H22ClN5O/c1-5-6-22(14-7-13(17)20-16(18)21-14)9-12-11(3)15(23-4)10(2)8-19-12/h5,8,13H,1,6-7,9H2,2-4H3,(H2,18,20). The zero-order chi connectivity index (χ0) is 17.0. The molecule has 7 heteroatoms. The van der Waals surface area contributed by atoms with E-state index in [9.17, 15) is 0 Å². The van der Waals surface area contributed by atoms with E-state index in [4.69, 9.17) is 22.1 Å². The Kier molecular flexibility index (Phi) is 5.60. The molecule has 0 spiro atoms. The molecule has 1 aliphatic rings. The maximum atomic E-state index is 6.12. The number of nitrogens with two attached hydrogens (primary N) is 1. The van der Waals surface area contributed by atoms with E-state index < -0.39 is 5.50 Å². The van der Waals surface area contributed by atoms with Crippen molar-refractivity contribution in [3.05, 3.63) is 35.7 Å². The number of ether oxygens (including phenoxy) is 1. The molecular formula is C16H22ClN5O. The van der Waals surface area contributed by atoms with Gasteiger partial charge in [0, 0.05) is 30.3 Å². The molecule has 0 aliphatic carbocycles. The first-order valence-corrected chi connectivity index (χ1v) is 7.79. The zero-order valence-corrected chi connectivity index (χ0v) is 14.5. The molecule has 0 saturated carbocycles. The quantitative estimate of drug-likeness (QED) is 0.509. The summed E-state index contributed by atoms with van der Waals surface area (Å²) < 4.78 is 5.47. The Hall–Kier alpha value is -2.08. The minimum absolute atomic E-state index is 0.200. The molecule has 6 nitrogen and oxygen atoms in total. The number of pyridine rings is 1. The maximum Gasteiger partial charge on any atom is 0.218 e.